The van der Waals surface area contributed by atoms with Gasteiger partial charge >= 0.3 is 0 Å². The zero-order chi connectivity index (χ0) is 18.5. The molecule has 1 fully saturated rings. The number of likely N-dealkylation sites (N-methyl/N-ethyl adjacent to an activating group) is 1. The summed E-state index contributed by atoms with van der Waals surface area (Å²) in [5, 5.41) is 0.773. The SMILES string of the molecule is CN1CCN([C@H]2C[C@H](c3ccc(F)cc3)c3cc(Cl)ccc32)CC1(C)C. The predicted octanol–water partition coefficient (Wildman–Crippen LogP) is 5.08. The standard InChI is InChI=1S/C22H26ClFN2/c1-22(2)14-26(11-10-25(22)3)21-13-19(15-4-7-17(24)8-5-15)20-12-16(23)6-9-18(20)21/h4-9,12,19,21H,10-11,13-14H2,1-3H3/t19-,21+/m1/s1. The molecule has 0 radical (unpaired) electrons. The highest BCUT2D eigenvalue weighted by atomic mass is 35.5. The van der Waals surface area contributed by atoms with Gasteiger partial charge in [-0.2, -0.15) is 0 Å². The van der Waals surface area contributed by atoms with Gasteiger partial charge in [-0.25, -0.2) is 4.39 Å². The number of piperazine rings is 1. The third kappa shape index (κ3) is 3.17. The van der Waals surface area contributed by atoms with Gasteiger partial charge < -0.3 is 0 Å². The molecule has 0 saturated carbocycles. The number of rotatable bonds is 2. The van der Waals surface area contributed by atoms with Crippen LogP contribution in [-0.2, 0) is 0 Å². The third-order valence-electron chi connectivity index (χ3n) is 6.30. The quantitative estimate of drug-likeness (QED) is 0.725. The van der Waals surface area contributed by atoms with Gasteiger partial charge in [-0.05, 0) is 68.3 Å². The molecule has 2 aromatic carbocycles. The van der Waals surface area contributed by atoms with E-state index in [2.05, 4.69) is 42.8 Å². The largest absolute Gasteiger partial charge is 0.299 e. The number of nitrogens with zero attached hydrogens (tertiary/aromatic N) is 2. The highest BCUT2D eigenvalue weighted by molar-refractivity contribution is 6.30. The monoisotopic (exact) mass is 372 g/mol. The lowest BCUT2D eigenvalue weighted by atomic mass is 9.93. The summed E-state index contributed by atoms with van der Waals surface area (Å²) in [4.78, 5) is 5.06. The van der Waals surface area contributed by atoms with Gasteiger partial charge in [0.05, 0.1) is 0 Å². The van der Waals surface area contributed by atoms with E-state index >= 15 is 0 Å². The first-order valence-electron chi connectivity index (χ1n) is 9.35. The van der Waals surface area contributed by atoms with Crippen LogP contribution in [0.2, 0.25) is 5.02 Å². The smallest absolute Gasteiger partial charge is 0.123 e. The van der Waals surface area contributed by atoms with E-state index in [1.165, 1.54) is 16.7 Å². The molecule has 1 aliphatic heterocycles. The molecule has 0 unspecified atom stereocenters. The van der Waals surface area contributed by atoms with Crippen molar-refractivity contribution in [3.63, 3.8) is 0 Å². The van der Waals surface area contributed by atoms with Crippen LogP contribution < -0.4 is 0 Å². The number of fused-ring (bicyclic) bond motifs is 1. The maximum atomic E-state index is 13.4. The summed E-state index contributed by atoms with van der Waals surface area (Å²) in [5.41, 5.74) is 4.01. The molecule has 0 bridgehead atoms. The van der Waals surface area contributed by atoms with Crippen LogP contribution in [0.4, 0.5) is 4.39 Å². The summed E-state index contributed by atoms with van der Waals surface area (Å²) < 4.78 is 13.4. The molecule has 1 aliphatic carbocycles. The Balaban J connectivity index is 1.69. The van der Waals surface area contributed by atoms with Crippen LogP contribution in [0, 0.1) is 5.82 Å². The van der Waals surface area contributed by atoms with Crippen molar-refractivity contribution < 1.29 is 4.39 Å². The summed E-state index contributed by atoms with van der Waals surface area (Å²) in [6.07, 6.45) is 1.03. The minimum Gasteiger partial charge on any atom is -0.299 e. The molecule has 0 amide bonds. The molecule has 138 valence electrons. The van der Waals surface area contributed by atoms with Gasteiger partial charge in [0, 0.05) is 42.2 Å². The van der Waals surface area contributed by atoms with Crippen LogP contribution in [0.3, 0.4) is 0 Å². The van der Waals surface area contributed by atoms with E-state index in [0.717, 1.165) is 31.1 Å². The van der Waals surface area contributed by atoms with Crippen LogP contribution in [0.25, 0.3) is 0 Å². The third-order valence-corrected chi connectivity index (χ3v) is 6.54. The van der Waals surface area contributed by atoms with E-state index in [-0.39, 0.29) is 17.3 Å². The number of hydrogen-bond acceptors (Lipinski definition) is 2. The topological polar surface area (TPSA) is 6.48 Å². The molecule has 2 aromatic rings. The minimum absolute atomic E-state index is 0.165. The molecular formula is C22H26ClFN2. The van der Waals surface area contributed by atoms with Crippen LogP contribution in [-0.4, -0.2) is 42.0 Å². The fourth-order valence-corrected chi connectivity index (χ4v) is 4.71. The lowest BCUT2D eigenvalue weighted by Gasteiger charge is -2.47. The Morgan fingerprint density at radius 2 is 1.77 bits per heavy atom. The van der Waals surface area contributed by atoms with Gasteiger partial charge in [-0.15, -0.1) is 0 Å². The molecule has 0 N–H and O–H groups in total. The Morgan fingerprint density at radius 3 is 2.46 bits per heavy atom. The maximum absolute atomic E-state index is 13.4. The van der Waals surface area contributed by atoms with Crippen LogP contribution in [0.1, 0.15) is 48.9 Å². The van der Waals surface area contributed by atoms with E-state index < -0.39 is 0 Å². The molecule has 2 aliphatic rings. The molecule has 4 rings (SSSR count). The zero-order valence-electron chi connectivity index (χ0n) is 15.7. The lowest BCUT2D eigenvalue weighted by molar-refractivity contribution is 0.0158. The molecule has 2 nitrogen and oxygen atoms in total. The van der Waals surface area contributed by atoms with E-state index in [0.29, 0.717) is 6.04 Å². The maximum Gasteiger partial charge on any atom is 0.123 e. The Bertz CT molecular complexity index is 802. The molecular weight excluding hydrogens is 347 g/mol. The van der Waals surface area contributed by atoms with Gasteiger partial charge in [0.1, 0.15) is 5.82 Å². The highest BCUT2D eigenvalue weighted by Gasteiger charge is 2.40. The van der Waals surface area contributed by atoms with Gasteiger partial charge in [-0.1, -0.05) is 29.8 Å². The second kappa shape index (κ2) is 6.63. The molecule has 0 spiro atoms. The zero-order valence-corrected chi connectivity index (χ0v) is 16.4. The van der Waals surface area contributed by atoms with Crippen molar-refractivity contribution in [1.82, 2.24) is 9.80 Å². The average Bonchev–Trinajstić information content (AvgIpc) is 2.96. The Hall–Kier alpha value is -1.42. The van der Waals surface area contributed by atoms with Crippen molar-refractivity contribution >= 4 is 11.6 Å². The van der Waals surface area contributed by atoms with Gasteiger partial charge in [0.15, 0.2) is 0 Å². The number of halogens is 2. The fraction of sp³-hybridized carbons (Fsp3) is 0.455. The van der Waals surface area contributed by atoms with Crippen LogP contribution in [0.5, 0.6) is 0 Å². The summed E-state index contributed by atoms with van der Waals surface area (Å²) in [6, 6.07) is 13.6. The summed E-state index contributed by atoms with van der Waals surface area (Å²) in [5.74, 6) is 0.0903. The molecule has 4 heteroatoms. The summed E-state index contributed by atoms with van der Waals surface area (Å²) in [7, 11) is 2.21. The number of benzene rings is 2. The summed E-state index contributed by atoms with van der Waals surface area (Å²) >= 11 is 6.32. The average molecular weight is 373 g/mol. The van der Waals surface area contributed by atoms with Crippen LogP contribution >= 0.6 is 11.6 Å². The van der Waals surface area contributed by atoms with Gasteiger partial charge in [-0.3, -0.25) is 9.80 Å². The van der Waals surface area contributed by atoms with Crippen molar-refractivity contribution in [3.05, 3.63) is 70.0 Å². The van der Waals surface area contributed by atoms with Crippen molar-refractivity contribution in [2.75, 3.05) is 26.7 Å². The molecule has 26 heavy (non-hydrogen) atoms. The summed E-state index contributed by atoms with van der Waals surface area (Å²) in [6.45, 7) is 7.82. The van der Waals surface area contributed by atoms with Gasteiger partial charge in [0.2, 0.25) is 0 Å². The molecule has 2 atom stereocenters. The Morgan fingerprint density at radius 1 is 1.04 bits per heavy atom. The molecule has 1 saturated heterocycles. The van der Waals surface area contributed by atoms with Gasteiger partial charge in [0.25, 0.3) is 0 Å². The van der Waals surface area contributed by atoms with Crippen molar-refractivity contribution in [1.29, 1.82) is 0 Å². The molecule has 0 aromatic heterocycles. The number of hydrogen-bond donors (Lipinski definition) is 0. The van der Waals surface area contributed by atoms with Crippen molar-refractivity contribution in [2.45, 2.75) is 37.8 Å². The molecule has 1 heterocycles. The first-order valence-corrected chi connectivity index (χ1v) is 9.73. The highest BCUT2D eigenvalue weighted by Crippen LogP contribution is 2.48. The van der Waals surface area contributed by atoms with Crippen molar-refractivity contribution in [3.8, 4) is 0 Å². The second-order valence-corrected chi connectivity index (χ2v) is 8.77. The lowest BCUT2D eigenvalue weighted by Crippen LogP contribution is -2.58. The van der Waals surface area contributed by atoms with Crippen molar-refractivity contribution in [2.24, 2.45) is 0 Å². The first-order chi connectivity index (χ1) is 12.3. The van der Waals surface area contributed by atoms with E-state index in [9.17, 15) is 4.39 Å². The first kappa shape index (κ1) is 18.0. The van der Waals surface area contributed by atoms with E-state index in [1.54, 1.807) is 12.1 Å². The Labute approximate surface area is 160 Å². The normalized spacial score (nSPS) is 26.0. The minimum atomic E-state index is -0.185. The predicted molar refractivity (Wildman–Crippen MR) is 105 cm³/mol. The van der Waals surface area contributed by atoms with E-state index in [4.69, 9.17) is 11.6 Å². The fourth-order valence-electron chi connectivity index (χ4n) is 4.53. The Kier molecular flexibility index (Phi) is 4.58. The van der Waals surface area contributed by atoms with Crippen LogP contribution in [0.15, 0.2) is 42.5 Å². The van der Waals surface area contributed by atoms with E-state index in [1.807, 2.05) is 18.2 Å². The second-order valence-electron chi connectivity index (χ2n) is 8.33.